The molecule has 0 unspecified atom stereocenters. The highest BCUT2D eigenvalue weighted by atomic mass is 16.5. The van der Waals surface area contributed by atoms with Crippen LogP contribution in [0.15, 0.2) is 57.5 Å². The van der Waals surface area contributed by atoms with E-state index in [0.717, 1.165) is 16.5 Å². The van der Waals surface area contributed by atoms with Crippen LogP contribution in [-0.4, -0.2) is 32.9 Å². The third-order valence-electron chi connectivity index (χ3n) is 5.29. The first-order valence-electron chi connectivity index (χ1n) is 10.3. The molecule has 4 aromatic rings. The minimum Gasteiger partial charge on any atom is -0.493 e. The molecule has 0 amide bonds. The molecular weight excluding hydrogens is 394 g/mol. The van der Waals surface area contributed by atoms with Gasteiger partial charge < -0.3 is 14.4 Å². The number of ether oxygens (including phenoxy) is 1. The van der Waals surface area contributed by atoms with Gasteiger partial charge in [0.05, 0.1) is 16.4 Å². The molecule has 0 aliphatic heterocycles. The molecule has 0 saturated carbocycles. The first-order chi connectivity index (χ1) is 15.0. The van der Waals surface area contributed by atoms with Crippen LogP contribution >= 0.6 is 0 Å². The van der Waals surface area contributed by atoms with Crippen molar-refractivity contribution < 1.29 is 9.84 Å². The Morgan fingerprint density at radius 2 is 1.90 bits per heavy atom. The number of hydrogen-bond acceptors (Lipinski definition) is 6. The van der Waals surface area contributed by atoms with E-state index in [-0.39, 0.29) is 17.4 Å². The summed E-state index contributed by atoms with van der Waals surface area (Å²) in [4.78, 5) is 17.6. The number of hydrogen-bond donors (Lipinski definition) is 1. The third kappa shape index (κ3) is 3.82. The van der Waals surface area contributed by atoms with E-state index in [1.54, 1.807) is 23.8 Å². The number of aromatic nitrogens is 3. The van der Waals surface area contributed by atoms with Crippen molar-refractivity contribution >= 4 is 33.4 Å². The van der Waals surface area contributed by atoms with Gasteiger partial charge in [0.15, 0.2) is 5.69 Å². The number of para-hydroxylation sites is 1. The summed E-state index contributed by atoms with van der Waals surface area (Å²) >= 11 is 0. The van der Waals surface area contributed by atoms with Crippen molar-refractivity contribution in [2.75, 3.05) is 13.7 Å². The molecule has 8 nitrogen and oxygen atoms in total. The van der Waals surface area contributed by atoms with Crippen LogP contribution in [0.1, 0.15) is 18.9 Å². The lowest BCUT2D eigenvalue weighted by Crippen LogP contribution is -2.22. The second-order valence-corrected chi connectivity index (χ2v) is 7.37. The van der Waals surface area contributed by atoms with Crippen molar-refractivity contribution in [1.82, 2.24) is 14.1 Å². The minimum atomic E-state index is -0.174. The van der Waals surface area contributed by atoms with Gasteiger partial charge in [-0.2, -0.15) is 0 Å². The number of aromatic hydroxyl groups is 1. The van der Waals surface area contributed by atoms with Crippen molar-refractivity contribution in [3.63, 3.8) is 0 Å². The van der Waals surface area contributed by atoms with Crippen LogP contribution < -0.4 is 5.56 Å². The summed E-state index contributed by atoms with van der Waals surface area (Å²) in [5.41, 5.74) is 2.68. The number of rotatable bonds is 7. The van der Waals surface area contributed by atoms with E-state index in [4.69, 9.17) is 4.74 Å². The highest BCUT2D eigenvalue weighted by Gasteiger charge is 2.17. The van der Waals surface area contributed by atoms with Gasteiger partial charge in [-0.15, -0.1) is 10.2 Å². The van der Waals surface area contributed by atoms with E-state index in [1.165, 1.54) is 4.57 Å². The van der Waals surface area contributed by atoms with Gasteiger partial charge in [-0.3, -0.25) is 9.36 Å². The Bertz CT molecular complexity index is 1340. The van der Waals surface area contributed by atoms with Crippen molar-refractivity contribution in [3.8, 4) is 5.88 Å². The topological polar surface area (TPSA) is 94.0 Å². The van der Waals surface area contributed by atoms with Crippen LogP contribution in [0.25, 0.3) is 21.8 Å². The van der Waals surface area contributed by atoms with Crippen molar-refractivity contribution in [1.29, 1.82) is 0 Å². The van der Waals surface area contributed by atoms with E-state index < -0.39 is 0 Å². The lowest BCUT2D eigenvalue weighted by atomic mass is 10.1. The minimum absolute atomic E-state index is 0.0425. The number of methoxy groups -OCH3 is 1. The van der Waals surface area contributed by atoms with Gasteiger partial charge in [0.2, 0.25) is 5.88 Å². The molecule has 0 bridgehead atoms. The normalized spacial score (nSPS) is 11.8. The van der Waals surface area contributed by atoms with Crippen LogP contribution in [0.5, 0.6) is 5.88 Å². The Balaban J connectivity index is 1.86. The molecule has 2 aromatic carbocycles. The highest BCUT2D eigenvalue weighted by molar-refractivity contribution is 5.95. The average molecular weight is 419 g/mol. The SMILES string of the molecule is CCn1c(O)c(N=Nc2nc3ccccc3c(=O)n2CCCOC)c2cc(C)ccc21. The van der Waals surface area contributed by atoms with Crippen LogP contribution in [0.3, 0.4) is 0 Å². The molecule has 8 heteroatoms. The van der Waals surface area contributed by atoms with E-state index >= 15 is 0 Å². The summed E-state index contributed by atoms with van der Waals surface area (Å²) in [6.45, 7) is 5.45. The molecule has 1 N–H and O–H groups in total. The monoisotopic (exact) mass is 419 g/mol. The van der Waals surface area contributed by atoms with Crippen molar-refractivity contribution in [3.05, 3.63) is 58.4 Å². The summed E-state index contributed by atoms with van der Waals surface area (Å²) in [5.74, 6) is 0.241. The summed E-state index contributed by atoms with van der Waals surface area (Å²) in [6, 6.07) is 13.1. The predicted molar refractivity (Wildman–Crippen MR) is 121 cm³/mol. The van der Waals surface area contributed by atoms with Crippen LogP contribution in [0.2, 0.25) is 0 Å². The Hall–Kier alpha value is -3.52. The van der Waals surface area contributed by atoms with Gasteiger partial charge in [0.1, 0.15) is 0 Å². The predicted octanol–water partition coefficient (Wildman–Crippen LogP) is 4.84. The second kappa shape index (κ2) is 8.69. The standard InChI is InChI=1S/C23H25N5O3/c1-4-27-19-11-10-15(2)14-17(19)20(22(27)30)25-26-23-24-18-9-6-5-8-16(18)21(29)28(23)12-7-13-31-3/h5-6,8-11,14,30H,4,7,12-13H2,1-3H3. The molecule has 0 radical (unpaired) electrons. The number of nitrogens with zero attached hydrogens (tertiary/aromatic N) is 5. The van der Waals surface area contributed by atoms with Gasteiger partial charge in [0, 0.05) is 32.2 Å². The molecule has 0 aliphatic rings. The van der Waals surface area contributed by atoms with Crippen LogP contribution in [-0.2, 0) is 17.8 Å². The molecule has 2 aromatic heterocycles. The van der Waals surface area contributed by atoms with Gasteiger partial charge in [-0.05, 0) is 44.5 Å². The zero-order valence-corrected chi connectivity index (χ0v) is 17.9. The van der Waals surface area contributed by atoms with Gasteiger partial charge in [-0.1, -0.05) is 23.8 Å². The molecule has 0 spiro atoms. The first kappa shape index (κ1) is 20.7. The third-order valence-corrected chi connectivity index (χ3v) is 5.29. The van der Waals surface area contributed by atoms with E-state index in [9.17, 15) is 9.90 Å². The zero-order valence-electron chi connectivity index (χ0n) is 17.9. The molecule has 31 heavy (non-hydrogen) atoms. The summed E-state index contributed by atoms with van der Waals surface area (Å²) in [7, 11) is 1.62. The Morgan fingerprint density at radius 1 is 1.10 bits per heavy atom. The molecule has 0 fully saturated rings. The number of azo groups is 1. The fraction of sp³-hybridized carbons (Fsp3) is 0.304. The molecule has 0 atom stereocenters. The second-order valence-electron chi connectivity index (χ2n) is 7.37. The largest absolute Gasteiger partial charge is 0.493 e. The van der Waals surface area contributed by atoms with E-state index in [0.29, 0.717) is 42.7 Å². The number of aryl methyl sites for hydroxylation is 2. The Labute approximate surface area is 179 Å². The maximum Gasteiger partial charge on any atom is 0.262 e. The van der Waals surface area contributed by atoms with Crippen LogP contribution in [0.4, 0.5) is 11.6 Å². The lowest BCUT2D eigenvalue weighted by Gasteiger charge is -2.09. The summed E-state index contributed by atoms with van der Waals surface area (Å²) in [6.07, 6.45) is 0.637. The van der Waals surface area contributed by atoms with E-state index in [2.05, 4.69) is 15.2 Å². The molecule has 4 rings (SSSR count). The first-order valence-corrected chi connectivity index (χ1v) is 10.3. The fourth-order valence-corrected chi connectivity index (χ4v) is 3.75. The Morgan fingerprint density at radius 3 is 2.68 bits per heavy atom. The molecule has 0 aliphatic carbocycles. The zero-order chi connectivity index (χ0) is 22.0. The number of fused-ring (bicyclic) bond motifs is 2. The van der Waals surface area contributed by atoms with Gasteiger partial charge in [-0.25, -0.2) is 4.98 Å². The Kier molecular flexibility index (Phi) is 5.81. The summed E-state index contributed by atoms with van der Waals surface area (Å²) in [5, 5.41) is 20.8. The van der Waals surface area contributed by atoms with Crippen molar-refractivity contribution in [2.45, 2.75) is 33.4 Å². The highest BCUT2D eigenvalue weighted by Crippen LogP contribution is 2.39. The van der Waals surface area contributed by atoms with Crippen LogP contribution in [0, 0.1) is 6.92 Å². The maximum absolute atomic E-state index is 13.1. The van der Waals surface area contributed by atoms with E-state index in [1.807, 2.05) is 44.2 Å². The smallest absolute Gasteiger partial charge is 0.262 e. The van der Waals surface area contributed by atoms with Gasteiger partial charge in [0.25, 0.3) is 11.5 Å². The van der Waals surface area contributed by atoms with Crippen molar-refractivity contribution in [2.24, 2.45) is 10.2 Å². The maximum atomic E-state index is 13.1. The summed E-state index contributed by atoms with van der Waals surface area (Å²) < 4.78 is 8.41. The van der Waals surface area contributed by atoms with Gasteiger partial charge >= 0.3 is 0 Å². The number of benzene rings is 2. The molecular formula is C23H25N5O3. The molecule has 160 valence electrons. The quantitative estimate of drug-likeness (QED) is 0.343. The average Bonchev–Trinajstić information content (AvgIpc) is 3.03. The molecule has 0 saturated heterocycles. The molecule has 2 heterocycles. The lowest BCUT2D eigenvalue weighted by molar-refractivity contribution is 0.190. The fourth-order valence-electron chi connectivity index (χ4n) is 3.75.